The van der Waals surface area contributed by atoms with Crippen molar-refractivity contribution >= 4 is 11.9 Å². The molecule has 0 saturated carbocycles. The van der Waals surface area contributed by atoms with Gasteiger partial charge in [0, 0.05) is 13.7 Å². The summed E-state index contributed by atoms with van der Waals surface area (Å²) in [6.07, 6.45) is 0.466. The Kier molecular flexibility index (Phi) is 4.66. The number of carboxylic acids is 1. The highest BCUT2D eigenvalue weighted by molar-refractivity contribution is 5.87. The maximum atomic E-state index is 11.6. The summed E-state index contributed by atoms with van der Waals surface area (Å²) in [5, 5.41) is 22.5. The van der Waals surface area contributed by atoms with Crippen molar-refractivity contribution in [2.24, 2.45) is 0 Å². The summed E-state index contributed by atoms with van der Waals surface area (Å²) in [7, 11) is 1.56. The molecule has 0 radical (unpaired) electrons. The SMILES string of the molecule is COC1CNC(C(=O)N[C@@H](CO)C(=O)O)C1. The first-order valence-corrected chi connectivity index (χ1v) is 4.98. The van der Waals surface area contributed by atoms with E-state index in [4.69, 9.17) is 14.9 Å². The zero-order valence-electron chi connectivity index (χ0n) is 8.97. The van der Waals surface area contributed by atoms with Crippen molar-refractivity contribution in [1.82, 2.24) is 10.6 Å². The predicted octanol–water partition coefficient (Wildman–Crippen LogP) is -2.07. The number of aliphatic hydroxyl groups excluding tert-OH is 1. The lowest BCUT2D eigenvalue weighted by molar-refractivity contribution is -0.143. The number of carbonyl (C=O) groups excluding carboxylic acids is 1. The molecular weight excluding hydrogens is 216 g/mol. The van der Waals surface area contributed by atoms with Gasteiger partial charge in [0.1, 0.15) is 6.04 Å². The van der Waals surface area contributed by atoms with Crippen molar-refractivity contribution < 1.29 is 24.5 Å². The number of hydrogen-bond donors (Lipinski definition) is 4. The van der Waals surface area contributed by atoms with Gasteiger partial charge in [0.15, 0.2) is 0 Å². The van der Waals surface area contributed by atoms with Gasteiger partial charge < -0.3 is 25.6 Å². The van der Waals surface area contributed by atoms with E-state index in [9.17, 15) is 9.59 Å². The first-order valence-electron chi connectivity index (χ1n) is 4.98. The van der Waals surface area contributed by atoms with Crippen molar-refractivity contribution in [3.8, 4) is 0 Å². The summed E-state index contributed by atoms with van der Waals surface area (Å²) >= 11 is 0. The van der Waals surface area contributed by atoms with E-state index in [-0.39, 0.29) is 6.10 Å². The van der Waals surface area contributed by atoms with E-state index in [1.807, 2.05) is 0 Å². The minimum absolute atomic E-state index is 0.0341. The number of carboxylic acid groups (broad SMARTS) is 1. The van der Waals surface area contributed by atoms with Crippen LogP contribution in [0.15, 0.2) is 0 Å². The first-order chi connectivity index (χ1) is 7.58. The molecule has 1 heterocycles. The van der Waals surface area contributed by atoms with Crippen molar-refractivity contribution in [3.05, 3.63) is 0 Å². The number of nitrogens with one attached hydrogen (secondary N) is 2. The third kappa shape index (κ3) is 3.16. The lowest BCUT2D eigenvalue weighted by Crippen LogP contribution is -2.49. The number of hydrogen-bond acceptors (Lipinski definition) is 5. The normalized spacial score (nSPS) is 26.4. The van der Waals surface area contributed by atoms with Crippen LogP contribution in [0.1, 0.15) is 6.42 Å². The quantitative estimate of drug-likeness (QED) is 0.433. The molecule has 3 atom stereocenters. The van der Waals surface area contributed by atoms with Gasteiger partial charge in [0.25, 0.3) is 0 Å². The average Bonchev–Trinajstić information content (AvgIpc) is 2.73. The van der Waals surface area contributed by atoms with Gasteiger partial charge in [-0.15, -0.1) is 0 Å². The van der Waals surface area contributed by atoms with Crippen molar-refractivity contribution in [2.75, 3.05) is 20.3 Å². The Morgan fingerprint density at radius 1 is 1.62 bits per heavy atom. The average molecular weight is 232 g/mol. The van der Waals surface area contributed by atoms with Gasteiger partial charge in [-0.05, 0) is 6.42 Å². The van der Waals surface area contributed by atoms with Crippen LogP contribution in [0.3, 0.4) is 0 Å². The summed E-state index contributed by atoms with van der Waals surface area (Å²) in [6, 6.07) is -1.71. The fraction of sp³-hybridized carbons (Fsp3) is 0.778. The lowest BCUT2D eigenvalue weighted by atomic mass is 10.2. The molecule has 92 valence electrons. The van der Waals surface area contributed by atoms with Gasteiger partial charge in [-0.3, -0.25) is 4.79 Å². The number of methoxy groups -OCH3 is 1. The molecule has 1 fully saturated rings. The molecule has 1 amide bonds. The van der Waals surface area contributed by atoms with Crippen LogP contribution in [-0.4, -0.2) is 60.5 Å². The van der Waals surface area contributed by atoms with Crippen molar-refractivity contribution in [1.29, 1.82) is 0 Å². The lowest BCUT2D eigenvalue weighted by Gasteiger charge is -2.15. The van der Waals surface area contributed by atoms with Crippen molar-refractivity contribution in [2.45, 2.75) is 24.6 Å². The summed E-state index contributed by atoms with van der Waals surface area (Å²) in [6.45, 7) is -0.0626. The monoisotopic (exact) mass is 232 g/mol. The van der Waals surface area contributed by atoms with Crippen LogP contribution in [0.25, 0.3) is 0 Å². The Hall–Kier alpha value is -1.18. The molecule has 1 aliphatic rings. The Balaban J connectivity index is 2.43. The molecule has 1 rings (SSSR count). The smallest absolute Gasteiger partial charge is 0.328 e. The molecule has 1 aliphatic heterocycles. The molecule has 1 saturated heterocycles. The fourth-order valence-electron chi connectivity index (χ4n) is 1.54. The second kappa shape index (κ2) is 5.78. The molecule has 16 heavy (non-hydrogen) atoms. The third-order valence-electron chi connectivity index (χ3n) is 2.54. The molecule has 0 aliphatic carbocycles. The van der Waals surface area contributed by atoms with Gasteiger partial charge in [0.05, 0.1) is 18.8 Å². The third-order valence-corrected chi connectivity index (χ3v) is 2.54. The Morgan fingerprint density at radius 2 is 2.31 bits per heavy atom. The molecule has 0 aromatic rings. The molecule has 4 N–H and O–H groups in total. The summed E-state index contributed by atoms with van der Waals surface area (Å²) < 4.78 is 5.06. The number of carbonyl (C=O) groups is 2. The molecule has 0 spiro atoms. The molecule has 0 aromatic carbocycles. The molecule has 0 bridgehead atoms. The molecule has 7 nitrogen and oxygen atoms in total. The van der Waals surface area contributed by atoms with Crippen LogP contribution >= 0.6 is 0 Å². The molecule has 2 unspecified atom stereocenters. The van der Waals surface area contributed by atoms with Gasteiger partial charge in [0.2, 0.25) is 5.91 Å². The fourth-order valence-corrected chi connectivity index (χ4v) is 1.54. The predicted molar refractivity (Wildman–Crippen MR) is 53.9 cm³/mol. The second-order valence-corrected chi connectivity index (χ2v) is 3.64. The number of amides is 1. The summed E-state index contributed by atoms with van der Waals surface area (Å²) in [5.74, 6) is -1.68. The minimum Gasteiger partial charge on any atom is -0.480 e. The number of ether oxygens (including phenoxy) is 1. The van der Waals surface area contributed by atoms with E-state index in [0.29, 0.717) is 13.0 Å². The number of aliphatic hydroxyl groups is 1. The van der Waals surface area contributed by atoms with Crippen LogP contribution in [0.5, 0.6) is 0 Å². The number of rotatable bonds is 5. The molecule has 0 aromatic heterocycles. The topological polar surface area (TPSA) is 108 Å². The van der Waals surface area contributed by atoms with Crippen LogP contribution in [0, 0.1) is 0 Å². The van der Waals surface area contributed by atoms with Crippen LogP contribution < -0.4 is 10.6 Å². The molecule has 7 heteroatoms. The standard InChI is InChI=1S/C9H16N2O5/c1-16-5-2-6(10-3-5)8(13)11-7(4-12)9(14)15/h5-7,10,12H,2-4H2,1H3,(H,11,13)(H,14,15)/t5?,6?,7-/m0/s1. The minimum atomic E-state index is -1.25. The zero-order valence-corrected chi connectivity index (χ0v) is 8.97. The van der Waals surface area contributed by atoms with E-state index in [1.165, 1.54) is 0 Å². The second-order valence-electron chi connectivity index (χ2n) is 3.64. The van der Waals surface area contributed by atoms with Crippen LogP contribution in [0.4, 0.5) is 0 Å². The Labute approximate surface area is 92.8 Å². The highest BCUT2D eigenvalue weighted by Crippen LogP contribution is 2.09. The van der Waals surface area contributed by atoms with Gasteiger partial charge in [-0.25, -0.2) is 4.79 Å². The van der Waals surface area contributed by atoms with Crippen LogP contribution in [-0.2, 0) is 14.3 Å². The first kappa shape index (κ1) is 12.9. The highest BCUT2D eigenvalue weighted by atomic mass is 16.5. The summed E-state index contributed by atoms with van der Waals surface area (Å²) in [4.78, 5) is 22.2. The van der Waals surface area contributed by atoms with Crippen LogP contribution in [0.2, 0.25) is 0 Å². The van der Waals surface area contributed by atoms with Crippen molar-refractivity contribution in [3.63, 3.8) is 0 Å². The van der Waals surface area contributed by atoms with E-state index >= 15 is 0 Å². The van der Waals surface area contributed by atoms with E-state index in [2.05, 4.69) is 10.6 Å². The highest BCUT2D eigenvalue weighted by Gasteiger charge is 2.31. The largest absolute Gasteiger partial charge is 0.480 e. The Morgan fingerprint density at radius 3 is 2.75 bits per heavy atom. The van der Waals surface area contributed by atoms with E-state index in [0.717, 1.165) is 0 Å². The summed E-state index contributed by atoms with van der Waals surface area (Å²) in [5.41, 5.74) is 0. The maximum Gasteiger partial charge on any atom is 0.328 e. The van der Waals surface area contributed by atoms with E-state index in [1.54, 1.807) is 7.11 Å². The van der Waals surface area contributed by atoms with Gasteiger partial charge >= 0.3 is 5.97 Å². The van der Waals surface area contributed by atoms with Gasteiger partial charge in [-0.1, -0.05) is 0 Å². The maximum absolute atomic E-state index is 11.6. The molecular formula is C9H16N2O5. The van der Waals surface area contributed by atoms with Gasteiger partial charge in [-0.2, -0.15) is 0 Å². The number of aliphatic carboxylic acids is 1. The van der Waals surface area contributed by atoms with E-state index < -0.39 is 30.6 Å². The zero-order chi connectivity index (χ0) is 12.1. The Bertz CT molecular complexity index is 271.